The van der Waals surface area contributed by atoms with Crippen molar-refractivity contribution in [2.75, 3.05) is 6.61 Å². The van der Waals surface area contributed by atoms with Crippen LogP contribution in [0.2, 0.25) is 0 Å². The monoisotopic (exact) mass is 245 g/mol. The minimum absolute atomic E-state index is 0.115. The fourth-order valence-corrected chi connectivity index (χ4v) is 1.54. The Labute approximate surface area is 105 Å². The van der Waals surface area contributed by atoms with Crippen molar-refractivity contribution >= 4 is 5.97 Å². The maximum Gasteiger partial charge on any atom is 0.307 e. The Morgan fingerprint density at radius 3 is 2.29 bits per heavy atom. The van der Waals surface area contributed by atoms with Gasteiger partial charge in [0.25, 0.3) is 0 Å². The highest BCUT2D eigenvalue weighted by Gasteiger charge is 2.22. The Kier molecular flexibility index (Phi) is 6.72. The summed E-state index contributed by atoms with van der Waals surface area (Å²) in [6.07, 6.45) is 1.64. The SMILES string of the molecule is CC(C(=O)O)[C@@H](N)C[C@H](C)CCOC(C)(C)C. The minimum Gasteiger partial charge on any atom is -0.481 e. The highest BCUT2D eigenvalue weighted by Crippen LogP contribution is 2.16. The first-order valence-corrected chi connectivity index (χ1v) is 6.26. The van der Waals surface area contributed by atoms with Crippen LogP contribution in [0.5, 0.6) is 0 Å². The Morgan fingerprint density at radius 2 is 1.88 bits per heavy atom. The second-order valence-corrected chi connectivity index (χ2v) is 5.88. The Morgan fingerprint density at radius 1 is 1.35 bits per heavy atom. The summed E-state index contributed by atoms with van der Waals surface area (Å²) in [5.74, 6) is -0.925. The van der Waals surface area contributed by atoms with Crippen LogP contribution in [-0.4, -0.2) is 29.3 Å². The van der Waals surface area contributed by atoms with Crippen LogP contribution in [0.4, 0.5) is 0 Å². The average Bonchev–Trinajstić information content (AvgIpc) is 2.13. The van der Waals surface area contributed by atoms with Gasteiger partial charge in [0.15, 0.2) is 0 Å². The molecule has 0 aliphatic heterocycles. The molecule has 0 aliphatic rings. The lowest BCUT2D eigenvalue weighted by Gasteiger charge is -2.23. The first-order valence-electron chi connectivity index (χ1n) is 6.26. The van der Waals surface area contributed by atoms with Crippen LogP contribution in [0.3, 0.4) is 0 Å². The number of carboxylic acids is 1. The van der Waals surface area contributed by atoms with Crippen molar-refractivity contribution in [1.82, 2.24) is 0 Å². The molecule has 0 rings (SSSR count). The van der Waals surface area contributed by atoms with Gasteiger partial charge in [-0.2, -0.15) is 0 Å². The van der Waals surface area contributed by atoms with Crippen LogP contribution in [-0.2, 0) is 9.53 Å². The van der Waals surface area contributed by atoms with Crippen LogP contribution in [0.15, 0.2) is 0 Å². The number of nitrogens with two attached hydrogens (primary N) is 1. The average molecular weight is 245 g/mol. The van der Waals surface area contributed by atoms with Crippen molar-refractivity contribution in [3.63, 3.8) is 0 Å². The van der Waals surface area contributed by atoms with E-state index in [9.17, 15) is 4.79 Å². The lowest BCUT2D eigenvalue weighted by atomic mass is 9.91. The molecule has 0 aromatic rings. The topological polar surface area (TPSA) is 72.5 Å². The standard InChI is InChI=1S/C13H27NO3/c1-9(6-7-17-13(3,4)5)8-11(14)10(2)12(15)16/h9-11H,6-8,14H2,1-5H3,(H,15,16)/t9-,10?,11+/m1/s1. The summed E-state index contributed by atoms with van der Waals surface area (Å²) < 4.78 is 5.63. The summed E-state index contributed by atoms with van der Waals surface area (Å²) >= 11 is 0. The van der Waals surface area contributed by atoms with E-state index >= 15 is 0 Å². The Balaban J connectivity index is 3.86. The van der Waals surface area contributed by atoms with Crippen LogP contribution < -0.4 is 5.73 Å². The van der Waals surface area contributed by atoms with Crippen molar-refractivity contribution < 1.29 is 14.6 Å². The lowest BCUT2D eigenvalue weighted by molar-refractivity contribution is -0.141. The molecule has 0 spiro atoms. The van der Waals surface area contributed by atoms with Crippen molar-refractivity contribution in [2.24, 2.45) is 17.6 Å². The molecule has 3 atom stereocenters. The van der Waals surface area contributed by atoms with Gasteiger partial charge in [0, 0.05) is 12.6 Å². The fourth-order valence-electron chi connectivity index (χ4n) is 1.54. The summed E-state index contributed by atoms with van der Waals surface area (Å²) in [6, 6.07) is -0.280. The quantitative estimate of drug-likeness (QED) is 0.721. The van der Waals surface area contributed by atoms with E-state index in [0.717, 1.165) is 12.8 Å². The molecular weight excluding hydrogens is 218 g/mol. The fraction of sp³-hybridized carbons (Fsp3) is 0.923. The molecule has 4 nitrogen and oxygen atoms in total. The maximum atomic E-state index is 10.8. The largest absolute Gasteiger partial charge is 0.481 e. The molecule has 4 heteroatoms. The zero-order valence-electron chi connectivity index (χ0n) is 11.7. The van der Waals surface area contributed by atoms with E-state index in [-0.39, 0.29) is 11.6 Å². The number of hydrogen-bond acceptors (Lipinski definition) is 3. The van der Waals surface area contributed by atoms with E-state index in [1.54, 1.807) is 6.92 Å². The highest BCUT2D eigenvalue weighted by atomic mass is 16.5. The summed E-state index contributed by atoms with van der Waals surface area (Å²) in [5, 5.41) is 8.84. The Bertz CT molecular complexity index is 235. The van der Waals surface area contributed by atoms with Gasteiger partial charge in [0.1, 0.15) is 0 Å². The van der Waals surface area contributed by atoms with Gasteiger partial charge in [-0.05, 0) is 39.5 Å². The molecule has 0 amide bonds. The zero-order valence-corrected chi connectivity index (χ0v) is 11.7. The molecule has 3 N–H and O–H groups in total. The third-order valence-corrected chi connectivity index (χ3v) is 2.85. The molecule has 102 valence electrons. The van der Waals surface area contributed by atoms with Gasteiger partial charge in [-0.25, -0.2) is 0 Å². The molecule has 0 aliphatic carbocycles. The molecule has 0 heterocycles. The smallest absolute Gasteiger partial charge is 0.307 e. The third-order valence-electron chi connectivity index (χ3n) is 2.85. The number of carbonyl (C=O) groups is 1. The van der Waals surface area contributed by atoms with Gasteiger partial charge in [-0.3, -0.25) is 4.79 Å². The maximum absolute atomic E-state index is 10.8. The predicted molar refractivity (Wildman–Crippen MR) is 68.9 cm³/mol. The molecule has 0 saturated heterocycles. The predicted octanol–water partition coefficient (Wildman–Crippen LogP) is 2.27. The van der Waals surface area contributed by atoms with Gasteiger partial charge < -0.3 is 15.6 Å². The molecule has 0 radical (unpaired) electrons. The van der Waals surface area contributed by atoms with Crippen molar-refractivity contribution in [2.45, 2.75) is 59.1 Å². The van der Waals surface area contributed by atoms with E-state index < -0.39 is 11.9 Å². The van der Waals surface area contributed by atoms with Crippen LogP contribution in [0.1, 0.15) is 47.5 Å². The van der Waals surface area contributed by atoms with Crippen molar-refractivity contribution in [3.8, 4) is 0 Å². The molecule has 0 fully saturated rings. The normalized spacial score (nSPS) is 17.5. The minimum atomic E-state index is -0.823. The first kappa shape index (κ1) is 16.4. The van der Waals surface area contributed by atoms with Gasteiger partial charge in [0.2, 0.25) is 0 Å². The number of carboxylic acid groups (broad SMARTS) is 1. The second kappa shape index (κ2) is 6.97. The van der Waals surface area contributed by atoms with Gasteiger partial charge >= 0.3 is 5.97 Å². The van der Waals surface area contributed by atoms with Crippen LogP contribution in [0.25, 0.3) is 0 Å². The van der Waals surface area contributed by atoms with Crippen molar-refractivity contribution in [1.29, 1.82) is 0 Å². The van der Waals surface area contributed by atoms with Crippen LogP contribution >= 0.6 is 0 Å². The summed E-state index contributed by atoms with van der Waals surface area (Å²) in [7, 11) is 0. The molecule has 17 heavy (non-hydrogen) atoms. The van der Waals surface area contributed by atoms with E-state index in [1.807, 2.05) is 20.8 Å². The van der Waals surface area contributed by atoms with E-state index in [0.29, 0.717) is 12.5 Å². The van der Waals surface area contributed by atoms with Gasteiger partial charge in [-0.1, -0.05) is 13.8 Å². The molecule has 0 bridgehead atoms. The van der Waals surface area contributed by atoms with Crippen LogP contribution in [0, 0.1) is 11.8 Å². The number of ether oxygens (including phenoxy) is 1. The number of hydrogen-bond donors (Lipinski definition) is 2. The van der Waals surface area contributed by atoms with Gasteiger partial charge in [0.05, 0.1) is 11.5 Å². The van der Waals surface area contributed by atoms with E-state index in [4.69, 9.17) is 15.6 Å². The highest BCUT2D eigenvalue weighted by molar-refractivity contribution is 5.70. The third kappa shape index (κ3) is 8.16. The zero-order chi connectivity index (χ0) is 13.6. The number of aliphatic carboxylic acids is 1. The summed E-state index contributed by atoms with van der Waals surface area (Å²) in [4.78, 5) is 10.8. The van der Waals surface area contributed by atoms with E-state index in [1.165, 1.54) is 0 Å². The Hall–Kier alpha value is -0.610. The molecule has 0 aromatic carbocycles. The molecular formula is C13H27NO3. The first-order chi connectivity index (χ1) is 7.63. The van der Waals surface area contributed by atoms with Crippen molar-refractivity contribution in [3.05, 3.63) is 0 Å². The van der Waals surface area contributed by atoms with Gasteiger partial charge in [-0.15, -0.1) is 0 Å². The number of rotatable bonds is 7. The molecule has 1 unspecified atom stereocenters. The molecule has 0 saturated carbocycles. The lowest BCUT2D eigenvalue weighted by Crippen LogP contribution is -2.35. The summed E-state index contributed by atoms with van der Waals surface area (Å²) in [6.45, 7) is 10.5. The summed E-state index contributed by atoms with van der Waals surface area (Å²) in [5.41, 5.74) is 5.74. The van der Waals surface area contributed by atoms with E-state index in [2.05, 4.69) is 6.92 Å². The molecule has 0 aromatic heterocycles. The second-order valence-electron chi connectivity index (χ2n) is 5.88.